The number of phenols is 1. The Labute approximate surface area is 85.7 Å². The predicted octanol–water partition coefficient (Wildman–Crippen LogP) is 2.52. The molecule has 1 rings (SSSR count). The number of hydrogen-bond acceptors (Lipinski definition) is 2. The van der Waals surface area contributed by atoms with E-state index in [1.807, 2.05) is 6.92 Å². The van der Waals surface area contributed by atoms with Gasteiger partial charge in [0.05, 0.1) is 5.56 Å². The summed E-state index contributed by atoms with van der Waals surface area (Å²) in [6.07, 6.45) is -4.50. The van der Waals surface area contributed by atoms with E-state index in [2.05, 4.69) is 5.32 Å². The first-order valence-electron chi connectivity index (χ1n) is 4.55. The molecule has 2 N–H and O–H groups in total. The van der Waals surface area contributed by atoms with E-state index in [1.54, 1.807) is 0 Å². The highest BCUT2D eigenvalue weighted by atomic mass is 19.4. The topological polar surface area (TPSA) is 32.3 Å². The standard InChI is InChI=1S/C10H12F3NO/c1-2-14-6-7-3-4-8(9(15)5-7)10(11,12)13/h3-5,14-15H,2,6H2,1H3. The van der Waals surface area contributed by atoms with Crippen molar-refractivity contribution in [3.05, 3.63) is 29.3 Å². The Balaban J connectivity index is 2.89. The quantitative estimate of drug-likeness (QED) is 0.818. The van der Waals surface area contributed by atoms with Crippen molar-refractivity contribution >= 4 is 0 Å². The Morgan fingerprint density at radius 1 is 1.33 bits per heavy atom. The van der Waals surface area contributed by atoms with Crippen LogP contribution in [0.3, 0.4) is 0 Å². The van der Waals surface area contributed by atoms with Gasteiger partial charge >= 0.3 is 6.18 Å². The summed E-state index contributed by atoms with van der Waals surface area (Å²) in [5.74, 6) is -0.724. The minimum absolute atomic E-state index is 0.447. The van der Waals surface area contributed by atoms with E-state index in [4.69, 9.17) is 0 Å². The molecule has 0 aliphatic carbocycles. The SMILES string of the molecule is CCNCc1ccc(C(F)(F)F)c(O)c1. The number of halogens is 3. The van der Waals surface area contributed by atoms with Crippen molar-refractivity contribution < 1.29 is 18.3 Å². The fourth-order valence-corrected chi connectivity index (χ4v) is 1.20. The van der Waals surface area contributed by atoms with E-state index in [1.165, 1.54) is 6.07 Å². The third-order valence-corrected chi connectivity index (χ3v) is 1.95. The van der Waals surface area contributed by atoms with Gasteiger partial charge in [-0.15, -0.1) is 0 Å². The molecule has 0 aliphatic heterocycles. The van der Waals surface area contributed by atoms with Gasteiger partial charge in [0.2, 0.25) is 0 Å². The zero-order valence-corrected chi connectivity index (χ0v) is 8.23. The summed E-state index contributed by atoms with van der Waals surface area (Å²) >= 11 is 0. The summed E-state index contributed by atoms with van der Waals surface area (Å²) in [7, 11) is 0. The van der Waals surface area contributed by atoms with E-state index in [-0.39, 0.29) is 0 Å². The average Bonchev–Trinajstić information content (AvgIpc) is 2.12. The number of rotatable bonds is 3. The van der Waals surface area contributed by atoms with Crippen LogP contribution in [0, 0.1) is 0 Å². The zero-order valence-electron chi connectivity index (χ0n) is 8.23. The maximum Gasteiger partial charge on any atom is 0.419 e. The Bertz CT molecular complexity index is 336. The molecule has 2 nitrogen and oxygen atoms in total. The lowest BCUT2D eigenvalue weighted by molar-refractivity contribution is -0.138. The van der Waals surface area contributed by atoms with Gasteiger partial charge in [-0.1, -0.05) is 13.0 Å². The molecule has 0 radical (unpaired) electrons. The fraction of sp³-hybridized carbons (Fsp3) is 0.400. The molecular weight excluding hydrogens is 207 g/mol. The van der Waals surface area contributed by atoms with Gasteiger partial charge in [-0.2, -0.15) is 13.2 Å². The summed E-state index contributed by atoms with van der Waals surface area (Å²) in [6.45, 7) is 3.06. The van der Waals surface area contributed by atoms with E-state index in [0.29, 0.717) is 12.1 Å². The minimum atomic E-state index is -4.50. The Hall–Kier alpha value is -1.23. The number of hydrogen-bond donors (Lipinski definition) is 2. The first kappa shape index (κ1) is 11.8. The largest absolute Gasteiger partial charge is 0.507 e. The van der Waals surface area contributed by atoms with Crippen LogP contribution >= 0.6 is 0 Å². The Kier molecular flexibility index (Phi) is 3.57. The third kappa shape index (κ3) is 3.13. The first-order valence-corrected chi connectivity index (χ1v) is 4.55. The summed E-state index contributed by atoms with van der Waals surface area (Å²) < 4.78 is 36.8. The van der Waals surface area contributed by atoms with Crippen molar-refractivity contribution in [1.29, 1.82) is 0 Å². The maximum atomic E-state index is 12.3. The molecule has 0 aliphatic rings. The minimum Gasteiger partial charge on any atom is -0.507 e. The molecule has 0 amide bonds. The second-order valence-electron chi connectivity index (χ2n) is 3.13. The first-order chi connectivity index (χ1) is 6.95. The molecule has 84 valence electrons. The number of aromatic hydroxyl groups is 1. The second-order valence-corrected chi connectivity index (χ2v) is 3.13. The number of phenolic OH excluding ortho intramolecular Hbond substituents is 1. The smallest absolute Gasteiger partial charge is 0.419 e. The van der Waals surface area contributed by atoms with Crippen molar-refractivity contribution in [1.82, 2.24) is 5.32 Å². The van der Waals surface area contributed by atoms with Crippen LogP contribution in [0.4, 0.5) is 13.2 Å². The number of nitrogens with one attached hydrogen (secondary N) is 1. The summed E-state index contributed by atoms with van der Waals surface area (Å²) in [4.78, 5) is 0. The molecule has 5 heteroatoms. The second kappa shape index (κ2) is 4.53. The van der Waals surface area contributed by atoms with Crippen molar-refractivity contribution in [3.63, 3.8) is 0 Å². The van der Waals surface area contributed by atoms with Crippen LogP contribution in [-0.2, 0) is 12.7 Å². The molecule has 15 heavy (non-hydrogen) atoms. The van der Waals surface area contributed by atoms with Crippen LogP contribution in [0.2, 0.25) is 0 Å². The Morgan fingerprint density at radius 2 is 2.00 bits per heavy atom. The van der Waals surface area contributed by atoms with Crippen LogP contribution in [0.5, 0.6) is 5.75 Å². The van der Waals surface area contributed by atoms with Crippen molar-refractivity contribution in [3.8, 4) is 5.75 Å². The van der Waals surface area contributed by atoms with E-state index < -0.39 is 17.5 Å². The van der Waals surface area contributed by atoms with Gasteiger partial charge in [0.1, 0.15) is 5.75 Å². The normalized spacial score (nSPS) is 11.7. The number of alkyl halides is 3. The van der Waals surface area contributed by atoms with Crippen molar-refractivity contribution in [2.75, 3.05) is 6.54 Å². The van der Waals surface area contributed by atoms with Gasteiger partial charge in [0, 0.05) is 6.54 Å². The molecule has 0 unspecified atom stereocenters. The highest BCUT2D eigenvalue weighted by Gasteiger charge is 2.33. The van der Waals surface area contributed by atoms with Gasteiger partial charge in [-0.25, -0.2) is 0 Å². The molecule has 0 spiro atoms. The highest BCUT2D eigenvalue weighted by molar-refractivity contribution is 5.38. The van der Waals surface area contributed by atoms with Gasteiger partial charge in [0.25, 0.3) is 0 Å². The van der Waals surface area contributed by atoms with E-state index in [9.17, 15) is 18.3 Å². The molecule has 0 fully saturated rings. The maximum absolute atomic E-state index is 12.3. The lowest BCUT2D eigenvalue weighted by Gasteiger charge is -2.10. The molecule has 0 heterocycles. The molecule has 1 aromatic carbocycles. The van der Waals surface area contributed by atoms with Gasteiger partial charge in [0.15, 0.2) is 0 Å². The molecule has 0 saturated heterocycles. The van der Waals surface area contributed by atoms with Crippen LogP contribution < -0.4 is 5.32 Å². The molecule has 0 bridgehead atoms. The van der Waals surface area contributed by atoms with E-state index in [0.717, 1.165) is 18.7 Å². The predicted molar refractivity (Wildman–Crippen MR) is 50.5 cm³/mol. The van der Waals surface area contributed by atoms with Crippen LogP contribution in [0.15, 0.2) is 18.2 Å². The van der Waals surface area contributed by atoms with E-state index >= 15 is 0 Å². The lowest BCUT2D eigenvalue weighted by Crippen LogP contribution is -2.12. The van der Waals surface area contributed by atoms with Crippen molar-refractivity contribution in [2.45, 2.75) is 19.6 Å². The van der Waals surface area contributed by atoms with Crippen LogP contribution in [-0.4, -0.2) is 11.7 Å². The third-order valence-electron chi connectivity index (χ3n) is 1.95. The fourth-order valence-electron chi connectivity index (χ4n) is 1.20. The monoisotopic (exact) mass is 219 g/mol. The summed E-state index contributed by atoms with van der Waals surface area (Å²) in [5.41, 5.74) is -0.370. The van der Waals surface area contributed by atoms with Crippen LogP contribution in [0.25, 0.3) is 0 Å². The summed E-state index contributed by atoms with van der Waals surface area (Å²) in [6, 6.07) is 3.37. The lowest BCUT2D eigenvalue weighted by atomic mass is 10.1. The van der Waals surface area contributed by atoms with Crippen LogP contribution in [0.1, 0.15) is 18.1 Å². The Morgan fingerprint density at radius 3 is 2.47 bits per heavy atom. The zero-order chi connectivity index (χ0) is 11.5. The van der Waals surface area contributed by atoms with Gasteiger partial charge < -0.3 is 10.4 Å². The molecule has 0 saturated carbocycles. The van der Waals surface area contributed by atoms with Gasteiger partial charge in [-0.3, -0.25) is 0 Å². The highest BCUT2D eigenvalue weighted by Crippen LogP contribution is 2.35. The molecular formula is C10H12F3NO. The summed E-state index contributed by atoms with van der Waals surface area (Å²) in [5, 5.41) is 12.1. The van der Waals surface area contributed by atoms with Crippen molar-refractivity contribution in [2.24, 2.45) is 0 Å². The molecule has 0 atom stereocenters. The number of benzene rings is 1. The van der Waals surface area contributed by atoms with Gasteiger partial charge in [-0.05, 0) is 24.2 Å². The molecule has 1 aromatic rings. The molecule has 0 aromatic heterocycles. The average molecular weight is 219 g/mol.